The molecule has 0 unspecified atom stereocenters. The third kappa shape index (κ3) is 5.42. The summed E-state index contributed by atoms with van der Waals surface area (Å²) in [4.78, 5) is 18.8. The van der Waals surface area contributed by atoms with Gasteiger partial charge in [0.25, 0.3) is 0 Å². The molecule has 0 aliphatic carbocycles. The Balaban J connectivity index is 1.78. The molecule has 0 saturated heterocycles. The van der Waals surface area contributed by atoms with E-state index in [0.29, 0.717) is 17.3 Å². The lowest BCUT2D eigenvalue weighted by molar-refractivity contribution is -0.137. The summed E-state index contributed by atoms with van der Waals surface area (Å²) in [7, 11) is 0. The summed E-state index contributed by atoms with van der Waals surface area (Å²) in [6.45, 7) is 2.73. The van der Waals surface area contributed by atoms with Crippen molar-refractivity contribution in [3.05, 3.63) is 70.9 Å². The molecule has 0 aliphatic rings. The first kappa shape index (κ1) is 21.9. The Morgan fingerprint density at radius 2 is 1.83 bits per heavy atom. The fourth-order valence-electron chi connectivity index (χ4n) is 3.00. The number of carbonyl (C=O) groups is 1. The maximum Gasteiger partial charge on any atom is 0.416 e. The first-order chi connectivity index (χ1) is 14.3. The van der Waals surface area contributed by atoms with Crippen LogP contribution < -0.4 is 5.32 Å². The maximum absolute atomic E-state index is 12.8. The summed E-state index contributed by atoms with van der Waals surface area (Å²) in [5.41, 5.74) is 0.990. The number of amides is 2. The van der Waals surface area contributed by atoms with Crippen LogP contribution in [0.3, 0.4) is 0 Å². The highest BCUT2D eigenvalue weighted by molar-refractivity contribution is 6.30. The third-order valence-electron chi connectivity index (χ3n) is 4.64. The Morgan fingerprint density at radius 1 is 1.13 bits per heavy atom. The van der Waals surface area contributed by atoms with Gasteiger partial charge in [-0.15, -0.1) is 0 Å². The van der Waals surface area contributed by atoms with E-state index in [1.165, 1.54) is 12.1 Å². The minimum atomic E-state index is -4.42. The number of alkyl halides is 3. The van der Waals surface area contributed by atoms with Crippen LogP contribution in [0, 0.1) is 0 Å². The van der Waals surface area contributed by atoms with E-state index in [4.69, 9.17) is 11.6 Å². The molecule has 158 valence electrons. The zero-order chi connectivity index (χ0) is 21.7. The third-order valence-corrected chi connectivity index (χ3v) is 4.97. The zero-order valence-electron chi connectivity index (χ0n) is 16.3. The second kappa shape index (κ2) is 9.34. The molecule has 0 bridgehead atoms. The highest BCUT2D eigenvalue weighted by atomic mass is 35.5. The molecule has 0 radical (unpaired) electrons. The summed E-state index contributed by atoms with van der Waals surface area (Å²) < 4.78 is 38.2. The average Bonchev–Trinajstić information content (AvgIpc) is 2.71. The molecular weight excluding hydrogens is 415 g/mol. The lowest BCUT2D eigenvalue weighted by Crippen LogP contribution is -2.35. The van der Waals surface area contributed by atoms with Gasteiger partial charge in [0.05, 0.1) is 17.6 Å². The van der Waals surface area contributed by atoms with Gasteiger partial charge in [-0.1, -0.05) is 43.1 Å². The molecule has 0 saturated carbocycles. The molecule has 0 spiro atoms. The Kier molecular flexibility index (Phi) is 6.82. The molecule has 1 aromatic heterocycles. The number of nitrogens with zero attached hydrogens (tertiary/aromatic N) is 2. The number of urea groups is 1. The van der Waals surface area contributed by atoms with E-state index in [0.717, 1.165) is 35.9 Å². The quantitative estimate of drug-likeness (QED) is 0.436. The molecule has 4 nitrogen and oxygen atoms in total. The lowest BCUT2D eigenvalue weighted by atomic mass is 10.1. The SMILES string of the molecule is CCCCN(Cc1cc2ccccc2nc1Cl)C(=O)Nc1ccc(C(F)(F)F)cc1. The van der Waals surface area contributed by atoms with Gasteiger partial charge in [0.2, 0.25) is 0 Å². The minimum absolute atomic E-state index is 0.239. The van der Waals surface area contributed by atoms with Gasteiger partial charge < -0.3 is 10.2 Å². The number of unbranched alkanes of at least 4 members (excludes halogenated alkanes) is 1. The van der Waals surface area contributed by atoms with E-state index in [1.54, 1.807) is 4.90 Å². The summed E-state index contributed by atoms with van der Waals surface area (Å²) in [5.74, 6) is 0. The number of fused-ring (bicyclic) bond motifs is 1. The Morgan fingerprint density at radius 3 is 2.50 bits per heavy atom. The van der Waals surface area contributed by atoms with Crippen LogP contribution in [0.1, 0.15) is 30.9 Å². The smallest absolute Gasteiger partial charge is 0.320 e. The van der Waals surface area contributed by atoms with Crippen LogP contribution in [0.15, 0.2) is 54.6 Å². The molecule has 1 N–H and O–H groups in total. The first-order valence-electron chi connectivity index (χ1n) is 9.55. The van der Waals surface area contributed by atoms with Gasteiger partial charge in [-0.25, -0.2) is 9.78 Å². The van der Waals surface area contributed by atoms with Crippen molar-refractivity contribution in [3.63, 3.8) is 0 Å². The normalized spacial score (nSPS) is 11.5. The van der Waals surface area contributed by atoms with E-state index in [9.17, 15) is 18.0 Å². The second-order valence-corrected chi connectivity index (χ2v) is 7.27. The summed E-state index contributed by atoms with van der Waals surface area (Å²) in [5, 5.41) is 3.89. The fraction of sp³-hybridized carbons (Fsp3) is 0.273. The standard InChI is InChI=1S/C22H21ClF3N3O/c1-2-3-12-29(14-16-13-15-6-4-5-7-19(15)28-20(16)23)21(30)27-18-10-8-17(9-11-18)22(24,25)26/h4-11,13H,2-3,12,14H2,1H3,(H,27,30). The number of rotatable bonds is 6. The molecule has 3 aromatic rings. The van der Waals surface area contributed by atoms with E-state index < -0.39 is 17.8 Å². The molecule has 2 amide bonds. The van der Waals surface area contributed by atoms with E-state index >= 15 is 0 Å². The summed E-state index contributed by atoms with van der Waals surface area (Å²) in [6, 6.07) is 13.4. The predicted octanol–water partition coefficient (Wildman–Crippen LogP) is 6.74. The number of nitrogens with one attached hydrogen (secondary N) is 1. The van der Waals surface area contributed by atoms with E-state index in [2.05, 4.69) is 10.3 Å². The molecule has 2 aromatic carbocycles. The number of para-hydroxylation sites is 1. The molecule has 1 heterocycles. The van der Waals surface area contributed by atoms with E-state index in [1.807, 2.05) is 37.3 Å². The fourth-order valence-corrected chi connectivity index (χ4v) is 3.20. The lowest BCUT2D eigenvalue weighted by Gasteiger charge is -2.24. The minimum Gasteiger partial charge on any atom is -0.320 e. The summed E-state index contributed by atoms with van der Waals surface area (Å²) in [6.07, 6.45) is -2.76. The highest BCUT2D eigenvalue weighted by Crippen LogP contribution is 2.30. The second-order valence-electron chi connectivity index (χ2n) is 6.91. The maximum atomic E-state index is 12.8. The van der Waals surface area contributed by atoms with Gasteiger partial charge in [-0.2, -0.15) is 13.2 Å². The Bertz CT molecular complexity index is 1020. The van der Waals surface area contributed by atoms with Gasteiger partial charge in [-0.3, -0.25) is 0 Å². The van der Waals surface area contributed by atoms with Crippen LogP contribution in [0.2, 0.25) is 5.15 Å². The number of pyridine rings is 1. The molecule has 8 heteroatoms. The van der Waals surface area contributed by atoms with Gasteiger partial charge in [0, 0.05) is 23.2 Å². The Hall–Kier alpha value is -2.80. The molecular formula is C22H21ClF3N3O. The molecule has 30 heavy (non-hydrogen) atoms. The number of halogens is 4. The van der Waals surface area contributed by atoms with Crippen molar-refractivity contribution in [1.82, 2.24) is 9.88 Å². The summed E-state index contributed by atoms with van der Waals surface area (Å²) >= 11 is 6.33. The van der Waals surface area contributed by atoms with Gasteiger partial charge >= 0.3 is 12.2 Å². The van der Waals surface area contributed by atoms with Gasteiger partial charge in [0.1, 0.15) is 5.15 Å². The van der Waals surface area contributed by atoms with Crippen LogP contribution in [0.4, 0.5) is 23.7 Å². The highest BCUT2D eigenvalue weighted by Gasteiger charge is 2.30. The number of aromatic nitrogens is 1. The number of hydrogen-bond acceptors (Lipinski definition) is 2. The number of anilines is 1. The van der Waals surface area contributed by atoms with Crippen LogP contribution in [0.25, 0.3) is 10.9 Å². The number of benzene rings is 2. The first-order valence-corrected chi connectivity index (χ1v) is 9.93. The Labute approximate surface area is 177 Å². The largest absolute Gasteiger partial charge is 0.416 e. The van der Waals surface area contributed by atoms with Crippen molar-refractivity contribution < 1.29 is 18.0 Å². The average molecular weight is 436 g/mol. The molecule has 0 fully saturated rings. The number of carbonyl (C=O) groups excluding carboxylic acids is 1. The van der Waals surface area contributed by atoms with Gasteiger partial charge in [-0.05, 0) is 42.8 Å². The van der Waals surface area contributed by atoms with Crippen molar-refractivity contribution in [2.24, 2.45) is 0 Å². The van der Waals surface area contributed by atoms with Crippen LogP contribution in [-0.4, -0.2) is 22.5 Å². The predicted molar refractivity (Wildman–Crippen MR) is 113 cm³/mol. The molecule has 0 aliphatic heterocycles. The monoisotopic (exact) mass is 435 g/mol. The topological polar surface area (TPSA) is 45.2 Å². The number of hydrogen-bond donors (Lipinski definition) is 1. The molecule has 0 atom stereocenters. The van der Waals surface area contributed by atoms with Crippen molar-refractivity contribution in [2.45, 2.75) is 32.5 Å². The van der Waals surface area contributed by atoms with Crippen molar-refractivity contribution in [1.29, 1.82) is 0 Å². The zero-order valence-corrected chi connectivity index (χ0v) is 17.1. The van der Waals surface area contributed by atoms with Crippen LogP contribution in [0.5, 0.6) is 0 Å². The van der Waals surface area contributed by atoms with Crippen LogP contribution >= 0.6 is 11.6 Å². The van der Waals surface area contributed by atoms with Gasteiger partial charge in [0.15, 0.2) is 0 Å². The van der Waals surface area contributed by atoms with Crippen molar-refractivity contribution >= 4 is 34.2 Å². The molecule has 3 rings (SSSR count). The van der Waals surface area contributed by atoms with Crippen molar-refractivity contribution in [2.75, 3.05) is 11.9 Å². The van der Waals surface area contributed by atoms with Crippen molar-refractivity contribution in [3.8, 4) is 0 Å². The van der Waals surface area contributed by atoms with Crippen LogP contribution in [-0.2, 0) is 12.7 Å². The van der Waals surface area contributed by atoms with E-state index in [-0.39, 0.29) is 12.2 Å².